The van der Waals surface area contributed by atoms with E-state index in [-0.39, 0.29) is 22.9 Å². The van der Waals surface area contributed by atoms with Gasteiger partial charge in [-0.2, -0.15) is 0 Å². The summed E-state index contributed by atoms with van der Waals surface area (Å²) in [5.41, 5.74) is 0. The standard InChI is InChI=1S/C14H19ClN4O3S/c1-3-12(20)19-5-4-18(7-9(19)2)11-6-10(15)16-14(17-11)23-8-13(21)22/h6,9H,3-5,7-8H2,1-2H3,(H,21,22)/p-1/t9-/m0/s1. The zero-order valence-corrected chi connectivity index (χ0v) is 14.6. The summed E-state index contributed by atoms with van der Waals surface area (Å²) in [6, 6.07) is 1.72. The van der Waals surface area contributed by atoms with Crippen molar-refractivity contribution in [1.82, 2.24) is 14.9 Å². The maximum absolute atomic E-state index is 11.9. The topological polar surface area (TPSA) is 89.5 Å². The number of nitrogens with zero attached hydrogens (tertiary/aromatic N) is 4. The molecule has 1 aromatic heterocycles. The van der Waals surface area contributed by atoms with Gasteiger partial charge >= 0.3 is 0 Å². The molecule has 0 unspecified atom stereocenters. The molecular formula is C14H18ClN4O3S-. The highest BCUT2D eigenvalue weighted by Crippen LogP contribution is 2.24. The quantitative estimate of drug-likeness (QED) is 0.428. The van der Waals surface area contributed by atoms with Crippen molar-refractivity contribution >= 4 is 41.1 Å². The molecule has 1 aromatic rings. The van der Waals surface area contributed by atoms with E-state index < -0.39 is 5.97 Å². The highest BCUT2D eigenvalue weighted by atomic mass is 35.5. The molecule has 126 valence electrons. The zero-order chi connectivity index (χ0) is 17.0. The molecular weight excluding hydrogens is 340 g/mol. The Morgan fingerprint density at radius 1 is 1.43 bits per heavy atom. The van der Waals surface area contributed by atoms with Crippen molar-refractivity contribution in [1.29, 1.82) is 0 Å². The van der Waals surface area contributed by atoms with Crippen molar-refractivity contribution in [3.8, 4) is 0 Å². The van der Waals surface area contributed by atoms with Crippen LogP contribution in [0.1, 0.15) is 20.3 Å². The third-order valence-electron chi connectivity index (χ3n) is 3.55. The number of halogens is 1. The van der Waals surface area contributed by atoms with Crippen molar-refractivity contribution in [2.24, 2.45) is 0 Å². The average Bonchev–Trinajstić information content (AvgIpc) is 2.51. The molecule has 1 atom stereocenters. The molecule has 0 bridgehead atoms. The van der Waals surface area contributed by atoms with Crippen LogP contribution in [0, 0.1) is 0 Å². The second-order valence-corrected chi connectivity index (χ2v) is 6.56. The molecule has 1 amide bonds. The van der Waals surface area contributed by atoms with Gasteiger partial charge in [-0.05, 0) is 6.92 Å². The predicted molar refractivity (Wildman–Crippen MR) is 86.5 cm³/mol. The second-order valence-electron chi connectivity index (χ2n) is 5.23. The number of anilines is 1. The molecule has 1 aliphatic heterocycles. The minimum Gasteiger partial charge on any atom is -0.549 e. The van der Waals surface area contributed by atoms with Gasteiger partial charge in [-0.25, -0.2) is 9.97 Å². The minimum absolute atomic E-state index is 0.0734. The number of hydrogen-bond acceptors (Lipinski definition) is 7. The summed E-state index contributed by atoms with van der Waals surface area (Å²) in [5, 5.41) is 11.1. The van der Waals surface area contributed by atoms with Gasteiger partial charge in [-0.15, -0.1) is 0 Å². The van der Waals surface area contributed by atoms with Crippen LogP contribution in [0.3, 0.4) is 0 Å². The number of carboxylic acids is 1. The van der Waals surface area contributed by atoms with Crippen LogP contribution in [0.5, 0.6) is 0 Å². The van der Waals surface area contributed by atoms with Gasteiger partial charge in [0.1, 0.15) is 11.0 Å². The lowest BCUT2D eigenvalue weighted by atomic mass is 10.1. The molecule has 9 heteroatoms. The fourth-order valence-corrected chi connectivity index (χ4v) is 3.27. The molecule has 7 nitrogen and oxygen atoms in total. The van der Waals surface area contributed by atoms with Crippen LogP contribution in [0.25, 0.3) is 0 Å². The van der Waals surface area contributed by atoms with E-state index >= 15 is 0 Å². The molecule has 0 spiro atoms. The van der Waals surface area contributed by atoms with Gasteiger partial charge < -0.3 is 19.7 Å². The van der Waals surface area contributed by atoms with Gasteiger partial charge in [0.05, 0.1) is 5.97 Å². The SMILES string of the molecule is CCC(=O)N1CCN(c2cc(Cl)nc(SCC(=O)[O-])n2)C[C@@H]1C. The zero-order valence-electron chi connectivity index (χ0n) is 13.0. The first-order valence-corrected chi connectivity index (χ1v) is 8.68. The van der Waals surface area contributed by atoms with Crippen molar-refractivity contribution < 1.29 is 14.7 Å². The Labute approximate surface area is 144 Å². The van der Waals surface area contributed by atoms with Crippen molar-refractivity contribution in [3.05, 3.63) is 11.2 Å². The molecule has 0 radical (unpaired) electrons. The van der Waals surface area contributed by atoms with Crippen LogP contribution in [0.2, 0.25) is 5.15 Å². The molecule has 0 N–H and O–H groups in total. The number of amides is 1. The smallest absolute Gasteiger partial charge is 0.222 e. The Morgan fingerprint density at radius 2 is 2.17 bits per heavy atom. The van der Waals surface area contributed by atoms with E-state index in [0.29, 0.717) is 37.0 Å². The van der Waals surface area contributed by atoms with Crippen LogP contribution >= 0.6 is 23.4 Å². The van der Waals surface area contributed by atoms with E-state index in [1.54, 1.807) is 6.07 Å². The van der Waals surface area contributed by atoms with Gasteiger partial charge in [0.15, 0.2) is 5.16 Å². The summed E-state index contributed by atoms with van der Waals surface area (Å²) in [5.74, 6) is -0.626. The van der Waals surface area contributed by atoms with E-state index in [2.05, 4.69) is 9.97 Å². The minimum atomic E-state index is -1.18. The Hall–Kier alpha value is -1.54. The van der Waals surface area contributed by atoms with E-state index in [1.165, 1.54) is 0 Å². The number of rotatable bonds is 5. The highest BCUT2D eigenvalue weighted by molar-refractivity contribution is 7.99. The van der Waals surface area contributed by atoms with Gasteiger partial charge in [-0.3, -0.25) is 4.79 Å². The molecule has 23 heavy (non-hydrogen) atoms. The van der Waals surface area contributed by atoms with Gasteiger partial charge in [-0.1, -0.05) is 30.3 Å². The summed E-state index contributed by atoms with van der Waals surface area (Å²) >= 11 is 6.97. The number of carboxylic acid groups (broad SMARTS) is 1. The summed E-state index contributed by atoms with van der Waals surface area (Å²) in [6.07, 6.45) is 0.494. The van der Waals surface area contributed by atoms with Gasteiger partial charge in [0.25, 0.3) is 0 Å². The molecule has 1 aliphatic rings. The van der Waals surface area contributed by atoms with Gasteiger partial charge in [0.2, 0.25) is 5.91 Å². The third kappa shape index (κ3) is 4.71. The average molecular weight is 358 g/mol. The normalized spacial score (nSPS) is 18.1. The molecule has 1 fully saturated rings. The number of carbonyl (C=O) groups excluding carboxylic acids is 2. The summed E-state index contributed by atoms with van der Waals surface area (Å²) in [7, 11) is 0. The lowest BCUT2D eigenvalue weighted by Crippen LogP contribution is -2.54. The fourth-order valence-electron chi connectivity index (χ4n) is 2.47. The fraction of sp³-hybridized carbons (Fsp3) is 0.571. The second kappa shape index (κ2) is 7.83. The number of carbonyl (C=O) groups is 2. The lowest BCUT2D eigenvalue weighted by Gasteiger charge is -2.40. The number of hydrogen-bond donors (Lipinski definition) is 0. The predicted octanol–water partition coefficient (Wildman–Crippen LogP) is 0.419. The van der Waals surface area contributed by atoms with E-state index in [4.69, 9.17) is 11.6 Å². The Kier molecular flexibility index (Phi) is 6.06. The van der Waals surface area contributed by atoms with Crippen LogP contribution in [0.15, 0.2) is 11.2 Å². The molecule has 0 saturated carbocycles. The number of aliphatic carboxylic acids is 1. The molecule has 1 saturated heterocycles. The lowest BCUT2D eigenvalue weighted by molar-refractivity contribution is -0.301. The van der Waals surface area contributed by atoms with Crippen molar-refractivity contribution in [3.63, 3.8) is 0 Å². The summed E-state index contributed by atoms with van der Waals surface area (Å²) in [6.45, 7) is 5.76. The summed E-state index contributed by atoms with van der Waals surface area (Å²) in [4.78, 5) is 34.7. The van der Waals surface area contributed by atoms with Crippen molar-refractivity contribution in [2.45, 2.75) is 31.5 Å². The molecule has 2 heterocycles. The Morgan fingerprint density at radius 3 is 2.78 bits per heavy atom. The number of piperazine rings is 1. The van der Waals surface area contributed by atoms with E-state index in [9.17, 15) is 14.7 Å². The van der Waals surface area contributed by atoms with Crippen LogP contribution in [-0.2, 0) is 9.59 Å². The number of aromatic nitrogens is 2. The van der Waals surface area contributed by atoms with Crippen LogP contribution in [0.4, 0.5) is 5.82 Å². The maximum atomic E-state index is 11.9. The van der Waals surface area contributed by atoms with Gasteiger partial charge in [0, 0.05) is 43.9 Å². The molecule has 0 aliphatic carbocycles. The Bertz CT molecular complexity index is 601. The molecule has 2 rings (SSSR count). The maximum Gasteiger partial charge on any atom is 0.222 e. The monoisotopic (exact) mass is 357 g/mol. The highest BCUT2D eigenvalue weighted by Gasteiger charge is 2.27. The Balaban J connectivity index is 2.10. The first-order chi connectivity index (χ1) is 10.9. The van der Waals surface area contributed by atoms with Crippen LogP contribution < -0.4 is 10.0 Å². The van der Waals surface area contributed by atoms with E-state index in [0.717, 1.165) is 11.8 Å². The third-order valence-corrected chi connectivity index (χ3v) is 4.57. The van der Waals surface area contributed by atoms with E-state index in [1.807, 2.05) is 23.6 Å². The number of thioether (sulfide) groups is 1. The first-order valence-electron chi connectivity index (χ1n) is 7.32. The van der Waals surface area contributed by atoms with Crippen LogP contribution in [-0.4, -0.2) is 58.2 Å². The van der Waals surface area contributed by atoms with Crippen molar-refractivity contribution in [2.75, 3.05) is 30.3 Å². The summed E-state index contributed by atoms with van der Waals surface area (Å²) < 4.78 is 0. The first kappa shape index (κ1) is 17.8. The molecule has 0 aromatic carbocycles. The largest absolute Gasteiger partial charge is 0.549 e.